The Balaban J connectivity index is 1.65. The van der Waals surface area contributed by atoms with E-state index in [1.807, 2.05) is 19.1 Å². The van der Waals surface area contributed by atoms with Gasteiger partial charge in [-0.05, 0) is 61.1 Å². The highest BCUT2D eigenvalue weighted by molar-refractivity contribution is 5.92. The first-order valence-corrected chi connectivity index (χ1v) is 9.05. The molecule has 3 N–H and O–H groups in total. The van der Waals surface area contributed by atoms with Crippen LogP contribution in [-0.4, -0.2) is 26.3 Å². The molecule has 0 heterocycles. The third kappa shape index (κ3) is 4.76. The van der Waals surface area contributed by atoms with Gasteiger partial charge in [0.15, 0.2) is 5.96 Å². The van der Waals surface area contributed by atoms with Gasteiger partial charge in [-0.2, -0.15) is 0 Å². The molecule has 0 radical (unpaired) electrons. The van der Waals surface area contributed by atoms with Crippen molar-refractivity contribution in [1.29, 1.82) is 0 Å². The first kappa shape index (κ1) is 18.3. The summed E-state index contributed by atoms with van der Waals surface area (Å²) in [7, 11) is 1.66. The molecule has 0 saturated heterocycles. The van der Waals surface area contributed by atoms with Crippen molar-refractivity contribution in [3.8, 4) is 5.75 Å². The van der Waals surface area contributed by atoms with E-state index in [0.717, 1.165) is 29.0 Å². The van der Waals surface area contributed by atoms with Crippen LogP contribution in [0.2, 0.25) is 0 Å². The fourth-order valence-electron chi connectivity index (χ4n) is 3.17. The summed E-state index contributed by atoms with van der Waals surface area (Å²) in [6.45, 7) is 3.57. The Labute approximate surface area is 155 Å². The van der Waals surface area contributed by atoms with E-state index < -0.39 is 0 Å². The third-order valence-corrected chi connectivity index (χ3v) is 4.56. The molecule has 26 heavy (non-hydrogen) atoms. The van der Waals surface area contributed by atoms with Crippen LogP contribution in [0.1, 0.15) is 28.7 Å². The van der Waals surface area contributed by atoms with Crippen molar-refractivity contribution in [2.45, 2.75) is 32.7 Å². The molecule has 5 heteroatoms. The molecule has 1 aliphatic carbocycles. The van der Waals surface area contributed by atoms with Crippen LogP contribution < -0.4 is 15.8 Å². The normalized spacial score (nSPS) is 13.5. The third-order valence-electron chi connectivity index (χ3n) is 4.56. The van der Waals surface area contributed by atoms with Crippen LogP contribution in [0.3, 0.4) is 0 Å². The van der Waals surface area contributed by atoms with E-state index in [2.05, 4.69) is 34.6 Å². The number of hydrogen-bond acceptors (Lipinski definition) is 3. The van der Waals surface area contributed by atoms with Gasteiger partial charge in [0.2, 0.25) is 0 Å². The van der Waals surface area contributed by atoms with Crippen molar-refractivity contribution < 1.29 is 9.47 Å². The number of anilines is 1. The monoisotopic (exact) mass is 353 g/mol. The maximum absolute atomic E-state index is 6.08. The van der Waals surface area contributed by atoms with Gasteiger partial charge >= 0.3 is 0 Å². The molecular weight excluding hydrogens is 326 g/mol. The first-order chi connectivity index (χ1) is 12.7. The van der Waals surface area contributed by atoms with Gasteiger partial charge in [0.25, 0.3) is 0 Å². The highest BCUT2D eigenvalue weighted by Crippen LogP contribution is 2.25. The van der Waals surface area contributed by atoms with Crippen LogP contribution in [0.25, 0.3) is 0 Å². The second kappa shape index (κ2) is 8.72. The zero-order valence-electron chi connectivity index (χ0n) is 15.5. The van der Waals surface area contributed by atoms with Crippen LogP contribution in [0.4, 0.5) is 5.69 Å². The Morgan fingerprint density at radius 1 is 1.12 bits per heavy atom. The smallest absolute Gasteiger partial charge is 0.193 e. The van der Waals surface area contributed by atoms with E-state index in [-0.39, 0.29) is 0 Å². The summed E-state index contributed by atoms with van der Waals surface area (Å²) in [6.07, 6.45) is 3.56. The SMILES string of the molecule is COCCOc1cc(C)ccc1CN=C(N)Nc1ccc2c(c1)CCC2. The molecule has 0 aromatic heterocycles. The number of benzene rings is 2. The second-order valence-electron chi connectivity index (χ2n) is 6.62. The molecule has 0 amide bonds. The molecule has 0 aliphatic heterocycles. The Morgan fingerprint density at radius 2 is 1.96 bits per heavy atom. The summed E-state index contributed by atoms with van der Waals surface area (Å²) < 4.78 is 10.9. The number of fused-ring (bicyclic) bond motifs is 1. The van der Waals surface area contributed by atoms with Crippen molar-refractivity contribution >= 4 is 11.6 Å². The van der Waals surface area contributed by atoms with E-state index in [1.54, 1.807) is 7.11 Å². The van der Waals surface area contributed by atoms with Gasteiger partial charge in [0.1, 0.15) is 12.4 Å². The first-order valence-electron chi connectivity index (χ1n) is 9.05. The van der Waals surface area contributed by atoms with Crippen LogP contribution in [0.15, 0.2) is 41.4 Å². The summed E-state index contributed by atoms with van der Waals surface area (Å²) in [6, 6.07) is 12.5. The molecule has 0 bridgehead atoms. The molecule has 0 saturated carbocycles. The van der Waals surface area contributed by atoms with Crippen LogP contribution in [0.5, 0.6) is 5.75 Å². The van der Waals surface area contributed by atoms with Gasteiger partial charge in [0.05, 0.1) is 13.2 Å². The number of methoxy groups -OCH3 is 1. The average molecular weight is 353 g/mol. The second-order valence-corrected chi connectivity index (χ2v) is 6.62. The fraction of sp³-hybridized carbons (Fsp3) is 0.381. The lowest BCUT2D eigenvalue weighted by Crippen LogP contribution is -2.22. The van der Waals surface area contributed by atoms with E-state index in [1.165, 1.54) is 24.0 Å². The van der Waals surface area contributed by atoms with Crippen molar-refractivity contribution in [3.63, 3.8) is 0 Å². The van der Waals surface area contributed by atoms with Crippen LogP contribution in [-0.2, 0) is 24.1 Å². The molecule has 0 fully saturated rings. The number of hydrogen-bond donors (Lipinski definition) is 2. The zero-order chi connectivity index (χ0) is 18.4. The molecule has 0 unspecified atom stereocenters. The predicted molar refractivity (Wildman–Crippen MR) is 106 cm³/mol. The number of nitrogens with one attached hydrogen (secondary N) is 1. The van der Waals surface area contributed by atoms with Gasteiger partial charge in [-0.15, -0.1) is 0 Å². The van der Waals surface area contributed by atoms with Crippen molar-refractivity contribution in [2.24, 2.45) is 10.7 Å². The standard InChI is InChI=1S/C21H27N3O2/c1-15-6-7-18(20(12-15)26-11-10-25-2)14-23-21(22)24-19-9-8-16-4-3-5-17(16)13-19/h6-9,12-13H,3-5,10-11,14H2,1-2H3,(H3,22,23,24). The van der Waals surface area contributed by atoms with Crippen molar-refractivity contribution in [1.82, 2.24) is 0 Å². The lowest BCUT2D eigenvalue weighted by molar-refractivity contribution is 0.146. The quantitative estimate of drug-likeness (QED) is 0.454. The van der Waals surface area contributed by atoms with Gasteiger partial charge in [-0.3, -0.25) is 0 Å². The van der Waals surface area contributed by atoms with Gasteiger partial charge in [-0.1, -0.05) is 18.2 Å². The minimum atomic E-state index is 0.409. The van der Waals surface area contributed by atoms with Gasteiger partial charge < -0.3 is 20.5 Å². The number of nitrogens with zero attached hydrogens (tertiary/aromatic N) is 1. The predicted octanol–water partition coefficient (Wildman–Crippen LogP) is 3.44. The molecule has 0 atom stereocenters. The number of nitrogens with two attached hydrogens (primary N) is 1. The van der Waals surface area contributed by atoms with Gasteiger partial charge in [0, 0.05) is 18.4 Å². The topological polar surface area (TPSA) is 68.9 Å². The highest BCUT2D eigenvalue weighted by Gasteiger charge is 2.11. The van der Waals surface area contributed by atoms with Crippen molar-refractivity contribution in [3.05, 3.63) is 58.7 Å². The summed E-state index contributed by atoms with van der Waals surface area (Å²) in [4.78, 5) is 4.47. The number of aliphatic imine (C=N–C) groups is 1. The molecule has 3 rings (SSSR count). The number of aryl methyl sites for hydroxylation is 3. The molecule has 138 valence electrons. The van der Waals surface area contributed by atoms with Crippen LogP contribution in [0, 0.1) is 6.92 Å². The van der Waals surface area contributed by atoms with E-state index >= 15 is 0 Å². The average Bonchev–Trinajstić information content (AvgIpc) is 3.09. The molecule has 1 aliphatic rings. The molecule has 5 nitrogen and oxygen atoms in total. The highest BCUT2D eigenvalue weighted by atomic mass is 16.5. The molecular formula is C21H27N3O2. The fourth-order valence-corrected chi connectivity index (χ4v) is 3.17. The molecule has 0 spiro atoms. The van der Waals surface area contributed by atoms with E-state index in [9.17, 15) is 0 Å². The lowest BCUT2D eigenvalue weighted by Gasteiger charge is -2.12. The number of ether oxygens (including phenoxy) is 2. The van der Waals surface area contributed by atoms with Gasteiger partial charge in [-0.25, -0.2) is 4.99 Å². The Hall–Kier alpha value is -2.53. The number of guanidine groups is 1. The van der Waals surface area contributed by atoms with E-state index in [0.29, 0.717) is 25.7 Å². The summed E-state index contributed by atoms with van der Waals surface area (Å²) in [5.41, 5.74) is 12.1. The molecule has 2 aromatic rings. The Morgan fingerprint density at radius 3 is 2.81 bits per heavy atom. The maximum atomic E-state index is 6.08. The minimum absolute atomic E-state index is 0.409. The van der Waals surface area contributed by atoms with Crippen molar-refractivity contribution in [2.75, 3.05) is 25.6 Å². The zero-order valence-corrected chi connectivity index (χ0v) is 15.5. The lowest BCUT2D eigenvalue weighted by atomic mass is 10.1. The summed E-state index contributed by atoms with van der Waals surface area (Å²) in [5.74, 6) is 1.24. The minimum Gasteiger partial charge on any atom is -0.491 e. The number of rotatable bonds is 7. The van der Waals surface area contributed by atoms with Crippen LogP contribution >= 0.6 is 0 Å². The maximum Gasteiger partial charge on any atom is 0.193 e. The Kier molecular flexibility index (Phi) is 6.12. The van der Waals surface area contributed by atoms with E-state index in [4.69, 9.17) is 15.2 Å². The Bertz CT molecular complexity index is 787. The molecule has 2 aromatic carbocycles. The largest absolute Gasteiger partial charge is 0.491 e. The summed E-state index contributed by atoms with van der Waals surface area (Å²) >= 11 is 0. The summed E-state index contributed by atoms with van der Waals surface area (Å²) in [5, 5.41) is 3.19.